The molecule has 5 aromatic carbocycles. The first kappa shape index (κ1) is 27.2. The molecule has 0 spiro atoms. The number of nitrogens with zero attached hydrogens (tertiary/aromatic N) is 1. The second kappa shape index (κ2) is 14.2. The van der Waals surface area contributed by atoms with Gasteiger partial charge >= 0.3 is 0 Å². The maximum absolute atomic E-state index is 5.53. The van der Waals surface area contributed by atoms with Gasteiger partial charge in [-0.2, -0.15) is 0 Å². The quantitative estimate of drug-likeness (QED) is 0.166. The third-order valence-electron chi connectivity index (χ3n) is 6.59. The van der Waals surface area contributed by atoms with Gasteiger partial charge in [-0.05, 0) is 58.7 Å². The van der Waals surface area contributed by atoms with Gasteiger partial charge in [-0.3, -0.25) is 0 Å². The Morgan fingerprint density at radius 2 is 0.829 bits per heavy atom. The zero-order chi connectivity index (χ0) is 28.1. The van der Waals surface area contributed by atoms with Crippen LogP contribution in [0, 0.1) is 0 Å². The lowest BCUT2D eigenvalue weighted by atomic mass is 10.1. The van der Waals surface area contributed by atoms with Gasteiger partial charge in [-0.15, -0.1) is 0 Å². The van der Waals surface area contributed by atoms with Gasteiger partial charge in [0.2, 0.25) is 0 Å². The van der Waals surface area contributed by atoms with E-state index in [-0.39, 0.29) is 0 Å². The molecule has 0 saturated heterocycles. The van der Waals surface area contributed by atoms with Gasteiger partial charge in [0.15, 0.2) is 0 Å². The molecule has 0 aliphatic heterocycles. The molecule has 2 nitrogen and oxygen atoms in total. The van der Waals surface area contributed by atoms with Crippen molar-refractivity contribution in [1.29, 1.82) is 0 Å². The second-order valence-electron chi connectivity index (χ2n) is 9.48. The Balaban J connectivity index is 1.35. The monoisotopic (exact) mass is 531 g/mol. The maximum atomic E-state index is 5.53. The Labute approximate surface area is 243 Å². The average Bonchev–Trinajstić information content (AvgIpc) is 3.04. The van der Waals surface area contributed by atoms with E-state index < -0.39 is 0 Å². The highest BCUT2D eigenvalue weighted by Gasteiger charge is 2.13. The molecule has 0 amide bonds. The normalized spacial score (nSPS) is 11.6. The molecule has 0 aromatic heterocycles. The average molecular weight is 532 g/mol. The summed E-state index contributed by atoms with van der Waals surface area (Å²) in [4.78, 5) is 2.24. The summed E-state index contributed by atoms with van der Waals surface area (Å²) in [6.07, 6.45) is 16.7. The molecule has 0 aliphatic carbocycles. The summed E-state index contributed by atoms with van der Waals surface area (Å²) in [5, 5.41) is 0. The largest absolute Gasteiger partial charge is 0.497 e. The zero-order valence-electron chi connectivity index (χ0n) is 23.2. The van der Waals surface area contributed by atoms with E-state index >= 15 is 0 Å². The SMILES string of the molecule is COc1cccc(N(c2ccc(/C=C/C=C/c3ccccc3)cc2)c2ccc(/C=C/C=C/c3ccccc3)cc2)c1. The van der Waals surface area contributed by atoms with Gasteiger partial charge in [0.05, 0.1) is 7.11 Å². The highest BCUT2D eigenvalue weighted by Crippen LogP contribution is 2.36. The minimum Gasteiger partial charge on any atom is -0.497 e. The van der Waals surface area contributed by atoms with Crippen LogP contribution in [0.5, 0.6) is 5.75 Å². The molecule has 0 aliphatic rings. The van der Waals surface area contributed by atoms with E-state index in [1.54, 1.807) is 7.11 Å². The number of anilines is 3. The van der Waals surface area contributed by atoms with Gasteiger partial charge in [0, 0.05) is 23.1 Å². The number of ether oxygens (including phenoxy) is 1. The van der Waals surface area contributed by atoms with Crippen molar-refractivity contribution in [3.8, 4) is 5.75 Å². The molecule has 200 valence electrons. The molecule has 0 fully saturated rings. The number of methoxy groups -OCH3 is 1. The predicted octanol–water partition coefficient (Wildman–Crippen LogP) is 10.6. The molecular weight excluding hydrogens is 498 g/mol. The van der Waals surface area contributed by atoms with Crippen molar-refractivity contribution in [2.45, 2.75) is 0 Å². The van der Waals surface area contributed by atoms with Crippen LogP contribution < -0.4 is 9.64 Å². The van der Waals surface area contributed by atoms with E-state index in [2.05, 4.69) is 138 Å². The molecule has 0 radical (unpaired) electrons. The van der Waals surface area contributed by atoms with Crippen LogP contribution in [-0.4, -0.2) is 7.11 Å². The van der Waals surface area contributed by atoms with Gasteiger partial charge in [-0.1, -0.05) is 140 Å². The van der Waals surface area contributed by atoms with Crippen molar-refractivity contribution in [2.75, 3.05) is 12.0 Å². The first-order valence-corrected chi connectivity index (χ1v) is 13.7. The Morgan fingerprint density at radius 3 is 1.24 bits per heavy atom. The van der Waals surface area contributed by atoms with E-state index in [4.69, 9.17) is 4.74 Å². The lowest BCUT2D eigenvalue weighted by Gasteiger charge is -2.26. The van der Waals surface area contributed by atoms with Crippen molar-refractivity contribution >= 4 is 41.4 Å². The fourth-order valence-electron chi connectivity index (χ4n) is 4.46. The summed E-state index contributed by atoms with van der Waals surface area (Å²) in [5.41, 5.74) is 7.83. The molecule has 41 heavy (non-hydrogen) atoms. The Hall–Kier alpha value is -5.34. The Morgan fingerprint density at radius 1 is 0.415 bits per heavy atom. The van der Waals surface area contributed by atoms with Gasteiger partial charge in [0.1, 0.15) is 5.75 Å². The molecule has 2 heteroatoms. The molecule has 0 saturated carbocycles. The summed E-state index contributed by atoms with van der Waals surface area (Å²) >= 11 is 0. The van der Waals surface area contributed by atoms with E-state index in [0.29, 0.717) is 0 Å². The van der Waals surface area contributed by atoms with E-state index in [9.17, 15) is 0 Å². The fourth-order valence-corrected chi connectivity index (χ4v) is 4.46. The van der Waals surface area contributed by atoms with Crippen LogP contribution in [0.15, 0.2) is 158 Å². The molecule has 0 N–H and O–H groups in total. The van der Waals surface area contributed by atoms with Crippen LogP contribution in [0.2, 0.25) is 0 Å². The highest BCUT2D eigenvalue weighted by molar-refractivity contribution is 5.78. The zero-order valence-corrected chi connectivity index (χ0v) is 23.2. The number of hydrogen-bond acceptors (Lipinski definition) is 2. The fraction of sp³-hybridized carbons (Fsp3) is 0.0256. The van der Waals surface area contributed by atoms with Crippen LogP contribution in [0.25, 0.3) is 24.3 Å². The molecule has 5 aromatic rings. The smallest absolute Gasteiger partial charge is 0.120 e. The van der Waals surface area contributed by atoms with E-state index in [1.165, 1.54) is 11.1 Å². The van der Waals surface area contributed by atoms with Crippen LogP contribution >= 0.6 is 0 Å². The Kier molecular flexibility index (Phi) is 9.41. The summed E-state index contributed by atoms with van der Waals surface area (Å²) in [6.45, 7) is 0. The van der Waals surface area contributed by atoms with Crippen LogP contribution in [0.4, 0.5) is 17.1 Å². The second-order valence-corrected chi connectivity index (χ2v) is 9.48. The van der Waals surface area contributed by atoms with E-state index in [0.717, 1.165) is 33.9 Å². The molecule has 0 bridgehead atoms. The highest BCUT2D eigenvalue weighted by atomic mass is 16.5. The first-order valence-electron chi connectivity index (χ1n) is 13.7. The maximum Gasteiger partial charge on any atom is 0.120 e. The predicted molar refractivity (Wildman–Crippen MR) is 177 cm³/mol. The molecule has 0 unspecified atom stereocenters. The molecular formula is C39H33NO. The summed E-state index contributed by atoms with van der Waals surface area (Å²) in [7, 11) is 1.70. The molecule has 0 atom stereocenters. The number of rotatable bonds is 10. The van der Waals surface area contributed by atoms with Crippen molar-refractivity contribution < 1.29 is 4.74 Å². The third-order valence-corrected chi connectivity index (χ3v) is 6.59. The van der Waals surface area contributed by atoms with Gasteiger partial charge in [-0.25, -0.2) is 0 Å². The topological polar surface area (TPSA) is 12.5 Å². The van der Waals surface area contributed by atoms with Crippen molar-refractivity contribution in [2.24, 2.45) is 0 Å². The molecule has 5 rings (SSSR count). The third kappa shape index (κ3) is 7.84. The van der Waals surface area contributed by atoms with Crippen molar-refractivity contribution in [3.05, 3.63) is 180 Å². The molecule has 0 heterocycles. The van der Waals surface area contributed by atoms with Crippen LogP contribution in [-0.2, 0) is 0 Å². The van der Waals surface area contributed by atoms with Gasteiger partial charge < -0.3 is 9.64 Å². The minimum atomic E-state index is 0.821. The lowest BCUT2D eigenvalue weighted by molar-refractivity contribution is 0.415. The minimum absolute atomic E-state index is 0.821. The number of allylic oxidation sites excluding steroid dienone is 4. The lowest BCUT2D eigenvalue weighted by Crippen LogP contribution is -2.10. The van der Waals surface area contributed by atoms with Crippen LogP contribution in [0.3, 0.4) is 0 Å². The summed E-state index contributed by atoms with van der Waals surface area (Å²) < 4.78 is 5.53. The Bertz CT molecular complexity index is 1530. The number of benzene rings is 5. The summed E-state index contributed by atoms with van der Waals surface area (Å²) in [6, 6.07) is 46.0. The van der Waals surface area contributed by atoms with E-state index in [1.807, 2.05) is 48.5 Å². The van der Waals surface area contributed by atoms with Gasteiger partial charge in [0.25, 0.3) is 0 Å². The summed E-state index contributed by atoms with van der Waals surface area (Å²) in [5.74, 6) is 0.821. The van der Waals surface area contributed by atoms with Crippen LogP contribution in [0.1, 0.15) is 22.3 Å². The van der Waals surface area contributed by atoms with Crippen molar-refractivity contribution in [1.82, 2.24) is 0 Å². The standard InChI is InChI=1S/C39H33NO/c1-41-39-22-12-21-38(31-39)40(36-27-23-34(24-28-36)19-10-8-17-32-13-4-2-5-14-32)37-29-25-35(26-30-37)20-11-9-18-33-15-6-3-7-16-33/h2-31H,1H3/b17-8+,18-9+,19-10+,20-11+. The number of hydrogen-bond donors (Lipinski definition) is 0. The first-order chi connectivity index (χ1) is 20.3. The van der Waals surface area contributed by atoms with Crippen molar-refractivity contribution in [3.63, 3.8) is 0 Å².